The van der Waals surface area contributed by atoms with E-state index in [2.05, 4.69) is 72.9 Å². The second kappa shape index (κ2) is 8.53. The van der Waals surface area contributed by atoms with E-state index >= 15 is 0 Å². The van der Waals surface area contributed by atoms with E-state index in [1.54, 1.807) is 11.3 Å². The van der Waals surface area contributed by atoms with Crippen LogP contribution in [0.5, 0.6) is 0 Å². The van der Waals surface area contributed by atoms with Crippen LogP contribution in [0, 0.1) is 5.92 Å². The Kier molecular flexibility index (Phi) is 6.15. The molecule has 0 saturated carbocycles. The van der Waals surface area contributed by atoms with Crippen LogP contribution in [-0.2, 0) is 6.42 Å². The highest BCUT2D eigenvalue weighted by atomic mass is 79.9. The van der Waals surface area contributed by atoms with E-state index in [0.717, 1.165) is 37.1 Å². The van der Waals surface area contributed by atoms with Gasteiger partial charge in [-0.2, -0.15) is 0 Å². The summed E-state index contributed by atoms with van der Waals surface area (Å²) in [5.74, 6) is 1.14. The summed E-state index contributed by atoms with van der Waals surface area (Å²) in [5.41, 5.74) is 7.26. The first-order valence-corrected chi connectivity index (χ1v) is 9.94. The standard InChI is InChI=1S/C18H23BrN4S/c19-15-3-5-16(6-4-15)23-10-8-14(13-23)12-22-18(20)21-9-7-17-2-1-11-24-17/h1-6,11,14H,7-10,12-13H2,(H3,20,21,22). The Morgan fingerprint density at radius 3 is 2.92 bits per heavy atom. The van der Waals surface area contributed by atoms with Crippen LogP contribution in [0.2, 0.25) is 0 Å². The van der Waals surface area contributed by atoms with Gasteiger partial charge in [0, 0.05) is 41.2 Å². The Bertz CT molecular complexity index is 654. The van der Waals surface area contributed by atoms with Crippen molar-refractivity contribution in [1.29, 1.82) is 0 Å². The molecule has 1 atom stereocenters. The lowest BCUT2D eigenvalue weighted by atomic mass is 10.1. The topological polar surface area (TPSA) is 53.6 Å². The van der Waals surface area contributed by atoms with Gasteiger partial charge >= 0.3 is 0 Å². The lowest BCUT2D eigenvalue weighted by Gasteiger charge is -2.18. The molecule has 2 heterocycles. The predicted octanol–water partition coefficient (Wildman–Crippen LogP) is 3.48. The van der Waals surface area contributed by atoms with Crippen molar-refractivity contribution in [2.24, 2.45) is 16.6 Å². The summed E-state index contributed by atoms with van der Waals surface area (Å²) in [6.07, 6.45) is 2.16. The number of halogens is 1. The van der Waals surface area contributed by atoms with Gasteiger partial charge in [-0.1, -0.05) is 22.0 Å². The van der Waals surface area contributed by atoms with Gasteiger partial charge in [0.25, 0.3) is 0 Å². The highest BCUT2D eigenvalue weighted by molar-refractivity contribution is 9.10. The number of nitrogens with two attached hydrogens (primary N) is 1. The first-order chi connectivity index (χ1) is 11.7. The van der Waals surface area contributed by atoms with Crippen molar-refractivity contribution in [1.82, 2.24) is 5.32 Å². The number of rotatable bonds is 6. The number of thiophene rings is 1. The van der Waals surface area contributed by atoms with Crippen molar-refractivity contribution in [2.45, 2.75) is 12.8 Å². The number of hydrogen-bond acceptors (Lipinski definition) is 3. The smallest absolute Gasteiger partial charge is 0.188 e. The number of anilines is 1. The second-order valence-corrected chi connectivity index (χ2v) is 8.01. The van der Waals surface area contributed by atoms with Crippen LogP contribution < -0.4 is 16.0 Å². The van der Waals surface area contributed by atoms with Crippen molar-refractivity contribution in [2.75, 3.05) is 31.1 Å². The van der Waals surface area contributed by atoms with E-state index in [1.165, 1.54) is 17.0 Å². The Morgan fingerprint density at radius 1 is 1.33 bits per heavy atom. The van der Waals surface area contributed by atoms with Crippen molar-refractivity contribution in [3.8, 4) is 0 Å². The maximum Gasteiger partial charge on any atom is 0.188 e. The molecule has 0 aliphatic carbocycles. The van der Waals surface area contributed by atoms with Crippen LogP contribution in [0.15, 0.2) is 51.2 Å². The molecule has 128 valence electrons. The molecule has 1 aliphatic rings. The Hall–Kier alpha value is -1.53. The molecule has 1 fully saturated rings. The van der Waals surface area contributed by atoms with E-state index in [0.29, 0.717) is 11.9 Å². The van der Waals surface area contributed by atoms with E-state index in [4.69, 9.17) is 5.73 Å². The number of hydrogen-bond donors (Lipinski definition) is 2. The molecule has 0 amide bonds. The van der Waals surface area contributed by atoms with Gasteiger partial charge in [0.1, 0.15) is 0 Å². The van der Waals surface area contributed by atoms with Crippen molar-refractivity contribution < 1.29 is 0 Å². The van der Waals surface area contributed by atoms with Gasteiger partial charge < -0.3 is 16.0 Å². The van der Waals surface area contributed by atoms with Crippen molar-refractivity contribution in [3.05, 3.63) is 51.1 Å². The Balaban J connectivity index is 1.40. The Labute approximate surface area is 155 Å². The average Bonchev–Trinajstić information content (AvgIpc) is 3.25. The molecular formula is C18H23BrN4S. The highest BCUT2D eigenvalue weighted by Crippen LogP contribution is 2.25. The minimum Gasteiger partial charge on any atom is -0.371 e. The third kappa shape index (κ3) is 4.98. The highest BCUT2D eigenvalue weighted by Gasteiger charge is 2.22. The summed E-state index contributed by atoms with van der Waals surface area (Å²) in [7, 11) is 0. The fourth-order valence-corrected chi connectivity index (χ4v) is 3.89. The van der Waals surface area contributed by atoms with E-state index in [9.17, 15) is 0 Å². The van der Waals surface area contributed by atoms with E-state index in [-0.39, 0.29) is 0 Å². The molecule has 1 aromatic heterocycles. The third-order valence-electron chi connectivity index (χ3n) is 4.26. The molecule has 0 bridgehead atoms. The number of benzene rings is 1. The monoisotopic (exact) mass is 406 g/mol. The molecule has 2 aromatic rings. The molecule has 1 aromatic carbocycles. The molecule has 4 nitrogen and oxygen atoms in total. The van der Waals surface area contributed by atoms with Crippen LogP contribution >= 0.6 is 27.3 Å². The van der Waals surface area contributed by atoms with Crippen molar-refractivity contribution in [3.63, 3.8) is 0 Å². The SMILES string of the molecule is NC(=NCC1CCN(c2ccc(Br)cc2)C1)NCCc1cccs1. The summed E-state index contributed by atoms with van der Waals surface area (Å²) in [5, 5.41) is 5.31. The minimum atomic E-state index is 0.564. The number of aliphatic imine (C=N–C) groups is 1. The summed E-state index contributed by atoms with van der Waals surface area (Å²) >= 11 is 5.26. The van der Waals surface area contributed by atoms with Crippen LogP contribution in [0.4, 0.5) is 5.69 Å². The third-order valence-corrected chi connectivity index (χ3v) is 5.72. The van der Waals surface area contributed by atoms with Gasteiger partial charge in [0.15, 0.2) is 5.96 Å². The van der Waals surface area contributed by atoms with Crippen LogP contribution in [0.1, 0.15) is 11.3 Å². The quantitative estimate of drug-likeness (QED) is 0.570. The van der Waals surface area contributed by atoms with Crippen LogP contribution in [-0.4, -0.2) is 32.1 Å². The molecule has 0 radical (unpaired) electrons. The van der Waals surface area contributed by atoms with Crippen LogP contribution in [0.25, 0.3) is 0 Å². The van der Waals surface area contributed by atoms with Gasteiger partial charge in [-0.25, -0.2) is 0 Å². The number of nitrogens with one attached hydrogen (secondary N) is 1. The summed E-state index contributed by atoms with van der Waals surface area (Å²) in [6, 6.07) is 12.7. The zero-order valence-electron chi connectivity index (χ0n) is 13.6. The van der Waals surface area contributed by atoms with Crippen LogP contribution in [0.3, 0.4) is 0 Å². The number of guanidine groups is 1. The molecular weight excluding hydrogens is 384 g/mol. The molecule has 24 heavy (non-hydrogen) atoms. The molecule has 0 spiro atoms. The molecule has 1 aliphatic heterocycles. The molecule has 3 N–H and O–H groups in total. The van der Waals surface area contributed by atoms with Gasteiger partial charge in [0.2, 0.25) is 0 Å². The normalized spacial score (nSPS) is 18.1. The molecule has 6 heteroatoms. The average molecular weight is 407 g/mol. The number of nitrogens with zero attached hydrogens (tertiary/aromatic N) is 2. The fraction of sp³-hybridized carbons (Fsp3) is 0.389. The van der Waals surface area contributed by atoms with E-state index < -0.39 is 0 Å². The minimum absolute atomic E-state index is 0.564. The molecule has 1 saturated heterocycles. The zero-order chi connectivity index (χ0) is 16.8. The molecule has 3 rings (SSSR count). The maximum absolute atomic E-state index is 5.98. The lowest BCUT2D eigenvalue weighted by Crippen LogP contribution is -2.33. The van der Waals surface area contributed by atoms with Crippen molar-refractivity contribution >= 4 is 38.9 Å². The van der Waals surface area contributed by atoms with Gasteiger partial charge in [-0.15, -0.1) is 11.3 Å². The lowest BCUT2D eigenvalue weighted by molar-refractivity contribution is 0.601. The van der Waals surface area contributed by atoms with Gasteiger partial charge in [-0.05, 0) is 54.5 Å². The van der Waals surface area contributed by atoms with Gasteiger partial charge in [0.05, 0.1) is 0 Å². The Morgan fingerprint density at radius 2 is 2.17 bits per heavy atom. The molecule has 1 unspecified atom stereocenters. The zero-order valence-corrected chi connectivity index (χ0v) is 16.0. The second-order valence-electron chi connectivity index (χ2n) is 6.06. The summed E-state index contributed by atoms with van der Waals surface area (Å²) in [4.78, 5) is 8.31. The summed E-state index contributed by atoms with van der Waals surface area (Å²) in [6.45, 7) is 3.78. The van der Waals surface area contributed by atoms with E-state index in [1.807, 2.05) is 0 Å². The first kappa shape index (κ1) is 17.3. The first-order valence-electron chi connectivity index (χ1n) is 8.27. The maximum atomic E-state index is 5.98. The largest absolute Gasteiger partial charge is 0.371 e. The van der Waals surface area contributed by atoms with Gasteiger partial charge in [-0.3, -0.25) is 4.99 Å². The fourth-order valence-electron chi connectivity index (χ4n) is 2.92. The summed E-state index contributed by atoms with van der Waals surface area (Å²) < 4.78 is 1.12. The predicted molar refractivity (Wildman–Crippen MR) is 107 cm³/mol.